The fourth-order valence-electron chi connectivity index (χ4n) is 5.16. The van der Waals surface area contributed by atoms with Crippen molar-refractivity contribution in [3.63, 3.8) is 0 Å². The molecule has 0 saturated heterocycles. The summed E-state index contributed by atoms with van der Waals surface area (Å²) in [5, 5.41) is 2.78. The van der Waals surface area contributed by atoms with Crippen LogP contribution in [-0.4, -0.2) is 56.5 Å². The monoisotopic (exact) mass is 596 g/mol. The number of sulfone groups is 1. The minimum Gasteiger partial charge on any atom is -0.447 e. The van der Waals surface area contributed by atoms with Crippen molar-refractivity contribution in [1.82, 2.24) is 10.3 Å². The number of alkyl halides is 3. The number of carbonyl (C=O) groups excluding carboxylic acids is 2. The Labute approximate surface area is 237 Å². The maximum Gasteiger partial charge on any atom is 0.404 e. The van der Waals surface area contributed by atoms with Gasteiger partial charge in [0, 0.05) is 18.8 Å². The van der Waals surface area contributed by atoms with Crippen LogP contribution >= 0.6 is 0 Å². The summed E-state index contributed by atoms with van der Waals surface area (Å²) in [6, 6.07) is 8.76. The molecule has 2 aliphatic rings. The number of amides is 2. The van der Waals surface area contributed by atoms with Gasteiger partial charge in [-0.1, -0.05) is 19.1 Å². The molecular formula is C28H35F3N4O5S. The van der Waals surface area contributed by atoms with E-state index in [0.29, 0.717) is 30.8 Å². The van der Waals surface area contributed by atoms with E-state index in [1.165, 1.54) is 30.5 Å². The Morgan fingerprint density at radius 1 is 1.07 bits per heavy atom. The van der Waals surface area contributed by atoms with Gasteiger partial charge in [0.05, 0.1) is 28.2 Å². The molecule has 1 atom stereocenters. The lowest BCUT2D eigenvalue weighted by Gasteiger charge is -2.34. The summed E-state index contributed by atoms with van der Waals surface area (Å²) in [6.45, 7) is 1.90. The van der Waals surface area contributed by atoms with E-state index >= 15 is 0 Å². The third-order valence-electron chi connectivity index (χ3n) is 7.78. The predicted octanol–water partition coefficient (Wildman–Crippen LogP) is 4.78. The van der Waals surface area contributed by atoms with Gasteiger partial charge in [-0.25, -0.2) is 18.2 Å². The Balaban J connectivity index is 1.42. The zero-order valence-electron chi connectivity index (χ0n) is 22.8. The molecule has 0 bridgehead atoms. The normalized spacial score (nSPS) is 20.2. The van der Waals surface area contributed by atoms with Gasteiger partial charge in [0.15, 0.2) is 9.84 Å². The minimum atomic E-state index is -4.14. The molecule has 0 unspecified atom stereocenters. The third kappa shape index (κ3) is 8.11. The number of aromatic nitrogens is 1. The molecule has 0 aliphatic heterocycles. The molecule has 2 saturated carbocycles. The highest BCUT2D eigenvalue weighted by atomic mass is 32.2. The number of halogens is 3. The second kappa shape index (κ2) is 12.7. The summed E-state index contributed by atoms with van der Waals surface area (Å²) in [5.41, 5.74) is 5.88. The van der Waals surface area contributed by atoms with Crippen molar-refractivity contribution in [3.8, 4) is 0 Å². The van der Waals surface area contributed by atoms with E-state index in [4.69, 9.17) is 10.5 Å². The van der Waals surface area contributed by atoms with E-state index in [0.717, 1.165) is 12.8 Å². The van der Waals surface area contributed by atoms with Crippen molar-refractivity contribution in [2.24, 2.45) is 17.6 Å². The van der Waals surface area contributed by atoms with E-state index < -0.39 is 40.0 Å². The predicted molar refractivity (Wildman–Crippen MR) is 146 cm³/mol. The number of nitrogens with zero attached hydrogens (tertiary/aromatic N) is 2. The summed E-state index contributed by atoms with van der Waals surface area (Å²) < 4.78 is 68.4. The molecule has 13 heteroatoms. The lowest BCUT2D eigenvalue weighted by Crippen LogP contribution is -2.36. The lowest BCUT2D eigenvalue weighted by molar-refractivity contribution is -0.183. The van der Waals surface area contributed by atoms with Gasteiger partial charge in [0.1, 0.15) is 12.4 Å². The molecule has 1 aromatic carbocycles. The number of hydrogen-bond acceptors (Lipinski definition) is 7. The Kier molecular flexibility index (Phi) is 9.45. The second-order valence-electron chi connectivity index (χ2n) is 10.7. The number of nitrogens with two attached hydrogens (primary N) is 1. The van der Waals surface area contributed by atoms with Gasteiger partial charge in [-0.05, 0) is 74.3 Å². The quantitative estimate of drug-likeness (QED) is 0.382. The highest BCUT2D eigenvalue weighted by Crippen LogP contribution is 2.41. The average Bonchev–Trinajstić information content (AvgIpc) is 3.79. The van der Waals surface area contributed by atoms with E-state index in [-0.39, 0.29) is 47.6 Å². The number of rotatable bonds is 11. The highest BCUT2D eigenvalue weighted by Gasteiger charge is 2.42. The van der Waals surface area contributed by atoms with Crippen molar-refractivity contribution >= 4 is 27.7 Å². The van der Waals surface area contributed by atoms with Crippen molar-refractivity contribution in [2.45, 2.75) is 68.6 Å². The van der Waals surface area contributed by atoms with E-state index in [1.807, 2.05) is 0 Å². The molecule has 2 aromatic rings. The fourth-order valence-corrected chi connectivity index (χ4v) is 6.04. The molecule has 224 valence electrons. The topological polar surface area (TPSA) is 132 Å². The SMILES string of the molecule is CCS(=O)(=O)c1ccc([C@H](COC(N)=O)NC(=O)c2ccc(N(C[C@H]3CC[C@H](C(F)(F)F)CC3)C3CC3)nc2)cc1. The molecule has 1 aromatic heterocycles. The molecule has 41 heavy (non-hydrogen) atoms. The van der Waals surface area contributed by atoms with Crippen LogP contribution in [0.15, 0.2) is 47.5 Å². The van der Waals surface area contributed by atoms with Gasteiger partial charge < -0.3 is 20.7 Å². The second-order valence-corrected chi connectivity index (χ2v) is 13.0. The highest BCUT2D eigenvalue weighted by molar-refractivity contribution is 7.91. The maximum atomic E-state index is 13.1. The molecule has 2 amide bonds. The van der Waals surface area contributed by atoms with Gasteiger partial charge >= 0.3 is 12.3 Å². The van der Waals surface area contributed by atoms with Gasteiger partial charge in [-0.2, -0.15) is 13.2 Å². The number of primary amides is 1. The Bertz CT molecular complexity index is 1310. The first-order valence-corrected chi connectivity index (χ1v) is 15.4. The van der Waals surface area contributed by atoms with Gasteiger partial charge in [0.2, 0.25) is 0 Å². The van der Waals surface area contributed by atoms with E-state index in [1.54, 1.807) is 19.1 Å². The van der Waals surface area contributed by atoms with Crippen LogP contribution in [0.2, 0.25) is 0 Å². The molecule has 3 N–H and O–H groups in total. The molecule has 9 nitrogen and oxygen atoms in total. The Morgan fingerprint density at radius 2 is 1.73 bits per heavy atom. The minimum absolute atomic E-state index is 0.0579. The number of carbonyl (C=O) groups is 2. The fraction of sp³-hybridized carbons (Fsp3) is 0.536. The zero-order chi connectivity index (χ0) is 29.8. The first-order chi connectivity index (χ1) is 19.4. The Hall–Kier alpha value is -3.35. The van der Waals surface area contributed by atoms with Crippen LogP contribution in [0.4, 0.5) is 23.8 Å². The standard InChI is InChI=1S/C28H35F3N4O5S/c1-2-41(38,39)23-12-5-19(6-13-23)24(17-40-27(32)37)34-26(36)20-7-14-25(33-15-20)35(22-10-11-22)16-18-3-8-21(9-4-18)28(29,30)31/h5-7,12-15,18,21-22,24H,2-4,8-11,16-17H2,1H3,(H2,32,37)(H,34,36)/t18-,21-,24-/m0/s1. The van der Waals surface area contributed by atoms with E-state index in [2.05, 4.69) is 15.2 Å². The van der Waals surface area contributed by atoms with Crippen LogP contribution in [0.25, 0.3) is 0 Å². The van der Waals surface area contributed by atoms with Gasteiger partial charge in [0.25, 0.3) is 5.91 Å². The number of pyridine rings is 1. The number of anilines is 1. The summed E-state index contributed by atoms with van der Waals surface area (Å²) in [4.78, 5) is 31.1. The van der Waals surface area contributed by atoms with Gasteiger partial charge in [-0.3, -0.25) is 4.79 Å². The molecule has 4 rings (SSSR count). The van der Waals surface area contributed by atoms with Crippen molar-refractivity contribution < 1.29 is 35.9 Å². The molecule has 2 aliphatic carbocycles. The van der Waals surface area contributed by atoms with Gasteiger partial charge in [-0.15, -0.1) is 0 Å². The first-order valence-electron chi connectivity index (χ1n) is 13.7. The summed E-state index contributed by atoms with van der Waals surface area (Å²) in [6.07, 6.45) is -0.404. The van der Waals surface area contributed by atoms with Crippen LogP contribution in [0.5, 0.6) is 0 Å². The summed E-state index contributed by atoms with van der Waals surface area (Å²) in [5.74, 6) is -0.941. The zero-order valence-corrected chi connectivity index (χ0v) is 23.6. The third-order valence-corrected chi connectivity index (χ3v) is 9.53. The molecule has 0 spiro atoms. The molecule has 2 fully saturated rings. The number of nitrogens with one attached hydrogen (secondary N) is 1. The summed E-state index contributed by atoms with van der Waals surface area (Å²) in [7, 11) is -3.41. The van der Waals surface area contributed by atoms with Crippen molar-refractivity contribution in [2.75, 3.05) is 23.8 Å². The Morgan fingerprint density at radius 3 is 2.24 bits per heavy atom. The number of ether oxygens (including phenoxy) is 1. The maximum absolute atomic E-state index is 13.1. The van der Waals surface area contributed by atoms with Crippen LogP contribution in [-0.2, 0) is 14.6 Å². The molecular weight excluding hydrogens is 561 g/mol. The van der Waals surface area contributed by atoms with Crippen molar-refractivity contribution in [3.05, 3.63) is 53.7 Å². The summed E-state index contributed by atoms with van der Waals surface area (Å²) >= 11 is 0. The average molecular weight is 597 g/mol. The lowest BCUT2D eigenvalue weighted by atomic mass is 9.81. The number of benzene rings is 1. The van der Waals surface area contributed by atoms with Crippen LogP contribution in [0.3, 0.4) is 0 Å². The smallest absolute Gasteiger partial charge is 0.404 e. The van der Waals surface area contributed by atoms with E-state index in [9.17, 15) is 31.2 Å². The molecule has 1 heterocycles. The van der Waals surface area contributed by atoms with Crippen LogP contribution in [0.1, 0.15) is 67.4 Å². The van der Waals surface area contributed by atoms with Crippen LogP contribution in [0, 0.1) is 11.8 Å². The molecule has 0 radical (unpaired) electrons. The first kappa shape index (κ1) is 30.6. The largest absolute Gasteiger partial charge is 0.447 e. The number of hydrogen-bond donors (Lipinski definition) is 2. The van der Waals surface area contributed by atoms with Crippen LogP contribution < -0.4 is 16.0 Å². The van der Waals surface area contributed by atoms with Crippen molar-refractivity contribution in [1.29, 1.82) is 0 Å².